The van der Waals surface area contributed by atoms with Crippen LogP contribution in [0.25, 0.3) is 15.7 Å². The molecular weight excluding hydrogens is 477 g/mol. The van der Waals surface area contributed by atoms with E-state index in [-0.39, 0.29) is 38.1 Å². The van der Waals surface area contributed by atoms with Gasteiger partial charge in [-0.05, 0) is 46.2 Å². The van der Waals surface area contributed by atoms with Crippen molar-refractivity contribution in [1.29, 1.82) is 0 Å². The number of morpholine rings is 1. The quantitative estimate of drug-likeness (QED) is 0.575. The van der Waals surface area contributed by atoms with Crippen LogP contribution < -0.4 is 4.90 Å². The first-order chi connectivity index (χ1) is 17.5. The molecule has 2 aliphatic heterocycles. The zero-order chi connectivity index (χ0) is 26.9. The van der Waals surface area contributed by atoms with Crippen molar-refractivity contribution < 1.29 is 23.5 Å². The Hall–Kier alpha value is -3.45. The minimum Gasteiger partial charge on any atom is -0.444 e. The van der Waals surface area contributed by atoms with Gasteiger partial charge in [0.1, 0.15) is 11.8 Å². The molecule has 2 amide bonds. The summed E-state index contributed by atoms with van der Waals surface area (Å²) >= 11 is 0. The SMILES string of the molecule is [C-]#[N+]c1ccc(N2C[C@@H](C)O[C@@H](C(=O)N(C)[C@@H]3CN(C(=O)OC(C)(C)C)CC[C@@H]3F)C2)c2cccnc12. The van der Waals surface area contributed by atoms with E-state index in [4.69, 9.17) is 16.0 Å². The molecule has 0 unspecified atom stereocenters. The Balaban J connectivity index is 1.52. The van der Waals surface area contributed by atoms with Gasteiger partial charge in [-0.1, -0.05) is 12.1 Å². The highest BCUT2D eigenvalue weighted by Crippen LogP contribution is 2.34. The van der Waals surface area contributed by atoms with Crippen LogP contribution in [0.5, 0.6) is 0 Å². The van der Waals surface area contributed by atoms with E-state index in [1.54, 1.807) is 40.1 Å². The maximum atomic E-state index is 15.0. The van der Waals surface area contributed by atoms with Crippen molar-refractivity contribution in [2.24, 2.45) is 0 Å². The van der Waals surface area contributed by atoms with Crippen LogP contribution in [-0.4, -0.2) is 90.0 Å². The Kier molecular flexibility index (Phi) is 7.55. The Morgan fingerprint density at radius 2 is 2.00 bits per heavy atom. The van der Waals surface area contributed by atoms with Crippen LogP contribution in [0.3, 0.4) is 0 Å². The average molecular weight is 512 g/mol. The monoisotopic (exact) mass is 511 g/mol. The lowest BCUT2D eigenvalue weighted by atomic mass is 10.0. The normalized spacial score (nSPS) is 24.5. The van der Waals surface area contributed by atoms with Gasteiger partial charge in [0.15, 0.2) is 6.10 Å². The lowest BCUT2D eigenvalue weighted by Gasteiger charge is -2.43. The molecule has 0 spiro atoms. The largest absolute Gasteiger partial charge is 0.444 e. The highest BCUT2D eigenvalue weighted by molar-refractivity contribution is 6.00. The number of hydrogen-bond donors (Lipinski definition) is 0. The molecular formula is C27H34FN5O4. The fourth-order valence-electron chi connectivity index (χ4n) is 4.94. The van der Waals surface area contributed by atoms with Crippen molar-refractivity contribution >= 4 is 34.3 Å². The standard InChI is InChI=1S/C27H34FN5O4/c1-17-14-33(21-10-9-20(29-5)24-18(21)8-7-12-30-24)16-23(36-17)25(34)31(6)22-15-32(13-11-19(22)28)26(35)37-27(2,3)4/h7-10,12,17,19,22-23H,11,13-16H2,1-4,6H3/t17-,19+,22-,23-/m1/s1. The van der Waals surface area contributed by atoms with Crippen LogP contribution in [0.4, 0.5) is 20.6 Å². The molecule has 9 nitrogen and oxygen atoms in total. The molecule has 2 saturated heterocycles. The Morgan fingerprint density at radius 1 is 1.24 bits per heavy atom. The van der Waals surface area contributed by atoms with E-state index in [1.807, 2.05) is 25.1 Å². The van der Waals surface area contributed by atoms with Gasteiger partial charge in [-0.3, -0.25) is 9.78 Å². The van der Waals surface area contributed by atoms with Crippen molar-refractivity contribution in [2.45, 2.75) is 64.1 Å². The van der Waals surface area contributed by atoms with Crippen molar-refractivity contribution in [3.05, 3.63) is 41.9 Å². The van der Waals surface area contributed by atoms with E-state index in [0.717, 1.165) is 11.1 Å². The highest BCUT2D eigenvalue weighted by Gasteiger charge is 2.41. The van der Waals surface area contributed by atoms with Crippen LogP contribution in [0, 0.1) is 6.57 Å². The molecule has 2 aliphatic rings. The van der Waals surface area contributed by atoms with Gasteiger partial charge in [0.2, 0.25) is 5.69 Å². The molecule has 4 rings (SSSR count). The van der Waals surface area contributed by atoms with Crippen molar-refractivity contribution in [3.8, 4) is 0 Å². The summed E-state index contributed by atoms with van der Waals surface area (Å²) in [7, 11) is 1.56. The summed E-state index contributed by atoms with van der Waals surface area (Å²) in [6.07, 6.45) is -1.06. The number of likely N-dealkylation sites (tertiary alicyclic amines) is 1. The van der Waals surface area contributed by atoms with E-state index in [9.17, 15) is 9.59 Å². The molecule has 10 heteroatoms. The summed E-state index contributed by atoms with van der Waals surface area (Å²) in [6, 6.07) is 6.54. The molecule has 0 saturated carbocycles. The second-order valence-electron chi connectivity index (χ2n) is 10.7. The number of benzene rings is 1. The topological polar surface area (TPSA) is 79.6 Å². The smallest absolute Gasteiger partial charge is 0.410 e. The zero-order valence-corrected chi connectivity index (χ0v) is 22.0. The molecule has 0 radical (unpaired) electrons. The minimum atomic E-state index is -1.26. The molecule has 0 aliphatic carbocycles. The summed E-state index contributed by atoms with van der Waals surface area (Å²) < 4.78 is 26.5. The van der Waals surface area contributed by atoms with Crippen LogP contribution in [0.2, 0.25) is 0 Å². The number of piperidine rings is 1. The van der Waals surface area contributed by atoms with Gasteiger partial charge >= 0.3 is 6.09 Å². The average Bonchev–Trinajstić information content (AvgIpc) is 2.86. The number of amides is 2. The van der Waals surface area contributed by atoms with Gasteiger partial charge in [-0.25, -0.2) is 14.0 Å². The van der Waals surface area contributed by atoms with E-state index in [1.165, 1.54) is 9.80 Å². The summed E-state index contributed by atoms with van der Waals surface area (Å²) in [4.78, 5) is 39.0. The lowest BCUT2D eigenvalue weighted by Crippen LogP contribution is -2.60. The van der Waals surface area contributed by atoms with E-state index in [2.05, 4.69) is 14.7 Å². The molecule has 198 valence electrons. The fraction of sp³-hybridized carbons (Fsp3) is 0.556. The Labute approximate surface area is 216 Å². The third-order valence-electron chi connectivity index (χ3n) is 6.72. The molecule has 2 fully saturated rings. The van der Waals surface area contributed by atoms with E-state index in [0.29, 0.717) is 17.7 Å². The van der Waals surface area contributed by atoms with Gasteiger partial charge in [0, 0.05) is 44.0 Å². The number of ether oxygens (including phenoxy) is 2. The van der Waals surface area contributed by atoms with Crippen molar-refractivity contribution in [3.63, 3.8) is 0 Å². The predicted molar refractivity (Wildman–Crippen MR) is 138 cm³/mol. The Bertz CT molecular complexity index is 1210. The predicted octanol–water partition coefficient (Wildman–Crippen LogP) is 4.19. The number of hydrogen-bond acceptors (Lipinski definition) is 6. The highest BCUT2D eigenvalue weighted by atomic mass is 19.1. The lowest BCUT2D eigenvalue weighted by molar-refractivity contribution is -0.151. The summed E-state index contributed by atoms with van der Waals surface area (Å²) in [5.74, 6) is -0.338. The number of nitrogens with zero attached hydrogens (tertiary/aromatic N) is 5. The number of carbonyl (C=O) groups is 2. The fourth-order valence-corrected chi connectivity index (χ4v) is 4.94. The van der Waals surface area contributed by atoms with Crippen molar-refractivity contribution in [2.75, 3.05) is 38.1 Å². The van der Waals surface area contributed by atoms with Gasteiger partial charge in [-0.15, -0.1) is 0 Å². The minimum absolute atomic E-state index is 0.0543. The molecule has 3 heterocycles. The zero-order valence-electron chi connectivity index (χ0n) is 22.0. The van der Waals surface area contributed by atoms with Gasteiger partial charge < -0.3 is 24.2 Å². The van der Waals surface area contributed by atoms with Crippen LogP contribution in [-0.2, 0) is 14.3 Å². The Morgan fingerprint density at radius 3 is 2.70 bits per heavy atom. The first kappa shape index (κ1) is 26.6. The maximum Gasteiger partial charge on any atom is 0.410 e. The van der Waals surface area contributed by atoms with E-state index >= 15 is 4.39 Å². The molecule has 1 aromatic carbocycles. The summed E-state index contributed by atoms with van der Waals surface area (Å²) in [5, 5.41) is 0.828. The number of likely N-dealkylation sites (N-methyl/N-ethyl adjacent to an activating group) is 1. The number of alkyl halides is 1. The molecule has 4 atom stereocenters. The second-order valence-corrected chi connectivity index (χ2v) is 10.7. The third-order valence-corrected chi connectivity index (χ3v) is 6.72. The number of aromatic nitrogens is 1. The molecule has 0 N–H and O–H groups in total. The van der Waals surface area contributed by atoms with Gasteiger partial charge in [0.25, 0.3) is 5.91 Å². The number of pyridine rings is 1. The van der Waals surface area contributed by atoms with Gasteiger partial charge in [-0.2, -0.15) is 0 Å². The van der Waals surface area contributed by atoms with E-state index < -0.39 is 30.0 Å². The molecule has 37 heavy (non-hydrogen) atoms. The third kappa shape index (κ3) is 5.77. The molecule has 0 bridgehead atoms. The molecule has 2 aromatic rings. The number of carbonyl (C=O) groups excluding carboxylic acids is 2. The molecule has 1 aromatic heterocycles. The summed E-state index contributed by atoms with van der Waals surface area (Å²) in [6.45, 7) is 15.8. The number of halogens is 1. The number of anilines is 1. The first-order valence-electron chi connectivity index (χ1n) is 12.5. The second kappa shape index (κ2) is 10.5. The van der Waals surface area contributed by atoms with Crippen LogP contribution >= 0.6 is 0 Å². The first-order valence-corrected chi connectivity index (χ1v) is 12.5. The number of rotatable bonds is 3. The van der Waals surface area contributed by atoms with Crippen molar-refractivity contribution in [1.82, 2.24) is 14.8 Å². The van der Waals surface area contributed by atoms with Crippen LogP contribution in [0.15, 0.2) is 30.5 Å². The number of fused-ring (bicyclic) bond motifs is 1. The maximum absolute atomic E-state index is 15.0. The summed E-state index contributed by atoms with van der Waals surface area (Å²) in [5.41, 5.74) is 1.28. The van der Waals surface area contributed by atoms with Gasteiger partial charge in [0.05, 0.1) is 30.8 Å². The van der Waals surface area contributed by atoms with Crippen LogP contribution in [0.1, 0.15) is 34.1 Å².